The number of amides is 2. The Balaban J connectivity index is 1.26. The van der Waals surface area contributed by atoms with Gasteiger partial charge in [0.25, 0.3) is 5.91 Å². The Kier molecular flexibility index (Phi) is 7.29. The molecule has 1 atom stereocenters. The van der Waals surface area contributed by atoms with Crippen LogP contribution in [0.3, 0.4) is 0 Å². The predicted octanol–water partition coefficient (Wildman–Crippen LogP) is 3.24. The van der Waals surface area contributed by atoms with Crippen LogP contribution in [0.1, 0.15) is 55.1 Å². The van der Waals surface area contributed by atoms with Crippen LogP contribution in [0, 0.1) is 0 Å². The van der Waals surface area contributed by atoms with Crippen molar-refractivity contribution in [3.8, 4) is 0 Å². The minimum absolute atomic E-state index is 0.112. The lowest BCUT2D eigenvalue weighted by atomic mass is 10.1. The molecule has 4 rings (SSSR count). The van der Waals surface area contributed by atoms with Crippen LogP contribution in [0.25, 0.3) is 5.70 Å². The summed E-state index contributed by atoms with van der Waals surface area (Å²) in [5.74, 6) is -0.0237. The highest BCUT2D eigenvalue weighted by atomic mass is 16.5. The van der Waals surface area contributed by atoms with Gasteiger partial charge in [-0.15, -0.1) is 0 Å². The lowest BCUT2D eigenvalue weighted by Gasteiger charge is -2.20. The first kappa shape index (κ1) is 23.9. The Morgan fingerprint density at radius 1 is 1.26 bits per heavy atom. The molecule has 1 aromatic carbocycles. The van der Waals surface area contributed by atoms with Crippen molar-refractivity contribution in [3.63, 3.8) is 0 Å². The molecule has 2 amide bonds. The zero-order valence-electron chi connectivity index (χ0n) is 20.0. The summed E-state index contributed by atoms with van der Waals surface area (Å²) in [6, 6.07) is 9.80. The van der Waals surface area contributed by atoms with Crippen LogP contribution in [0.2, 0.25) is 0 Å². The number of carbonyl (C=O) groups excluding carboxylic acids is 2. The first-order chi connectivity index (χ1) is 16.3. The summed E-state index contributed by atoms with van der Waals surface area (Å²) in [7, 11) is 0. The van der Waals surface area contributed by atoms with Crippen LogP contribution >= 0.6 is 0 Å². The molecule has 1 unspecified atom stereocenters. The highest BCUT2D eigenvalue weighted by molar-refractivity contribution is 6.05. The third-order valence-corrected chi connectivity index (χ3v) is 5.76. The molecule has 0 spiro atoms. The highest BCUT2D eigenvalue weighted by Gasteiger charge is 2.18. The Morgan fingerprint density at radius 3 is 2.85 bits per heavy atom. The topological polar surface area (TPSA) is 94.0 Å². The lowest BCUT2D eigenvalue weighted by molar-refractivity contribution is -0.118. The quantitative estimate of drug-likeness (QED) is 0.658. The lowest BCUT2D eigenvalue weighted by Crippen LogP contribution is -2.39. The molecule has 2 aliphatic heterocycles. The predicted molar refractivity (Wildman–Crippen MR) is 130 cm³/mol. The minimum Gasteiger partial charge on any atom is -0.379 e. The molecule has 1 aromatic heterocycles. The number of aromatic nitrogens is 1. The van der Waals surface area contributed by atoms with Crippen LogP contribution in [0.5, 0.6) is 0 Å². The second-order valence-electron chi connectivity index (χ2n) is 9.56. The molecule has 8 heteroatoms. The van der Waals surface area contributed by atoms with Crippen molar-refractivity contribution in [1.29, 1.82) is 0 Å². The van der Waals surface area contributed by atoms with Gasteiger partial charge < -0.3 is 24.7 Å². The van der Waals surface area contributed by atoms with Gasteiger partial charge in [0.2, 0.25) is 5.91 Å². The van der Waals surface area contributed by atoms with Crippen molar-refractivity contribution in [3.05, 3.63) is 65.5 Å². The number of nitrogens with one attached hydrogen (secondary N) is 2. The van der Waals surface area contributed by atoms with E-state index in [2.05, 4.69) is 42.5 Å². The normalized spacial score (nSPS) is 17.9. The van der Waals surface area contributed by atoms with Crippen molar-refractivity contribution in [2.45, 2.75) is 51.9 Å². The number of rotatable bonds is 7. The molecule has 8 nitrogen and oxygen atoms in total. The zero-order chi connectivity index (χ0) is 24.1. The van der Waals surface area contributed by atoms with Gasteiger partial charge in [0, 0.05) is 36.5 Å². The molecule has 1 saturated heterocycles. The van der Waals surface area contributed by atoms with Gasteiger partial charge in [0.15, 0.2) is 0 Å². The number of amidine groups is 1. The number of hydrogen-bond acceptors (Lipinski definition) is 5. The molecule has 1 fully saturated rings. The maximum Gasteiger partial charge on any atom is 0.253 e. The third kappa shape index (κ3) is 6.21. The monoisotopic (exact) mass is 464 g/mol. The van der Waals surface area contributed by atoms with E-state index in [4.69, 9.17) is 9.47 Å². The SMILES string of the molecule is CC(C)(C)n1ccc(C(=O)NCC(=O)NC2=NC(c3cccc(COC4CCOC4)c3)=CC2)c1. The standard InChI is InChI=1S/C26H32N4O4/c1-26(2,3)30-11-9-20(15-30)25(32)27-14-24(31)29-23-8-7-22(28-23)19-6-4-5-18(13-19)16-34-21-10-12-33-17-21/h4-7,9,11,13,15,21H,8,10,12,14,16-17H2,1-3H3,(H,27,32)(H,28,29,31). The Hall–Kier alpha value is -3.23. The van der Waals surface area contributed by atoms with Gasteiger partial charge in [0.05, 0.1) is 37.1 Å². The van der Waals surface area contributed by atoms with E-state index in [-0.39, 0.29) is 30.0 Å². The van der Waals surface area contributed by atoms with Gasteiger partial charge in [-0.3, -0.25) is 9.59 Å². The summed E-state index contributed by atoms with van der Waals surface area (Å²) in [5.41, 5.74) is 3.27. The van der Waals surface area contributed by atoms with Gasteiger partial charge >= 0.3 is 0 Å². The summed E-state index contributed by atoms with van der Waals surface area (Å²) in [4.78, 5) is 29.3. The summed E-state index contributed by atoms with van der Waals surface area (Å²) in [6.07, 6.45) is 7.25. The van der Waals surface area contributed by atoms with E-state index >= 15 is 0 Å². The fourth-order valence-corrected chi connectivity index (χ4v) is 3.79. The van der Waals surface area contributed by atoms with Crippen molar-refractivity contribution in [2.24, 2.45) is 4.99 Å². The average Bonchev–Trinajstić information content (AvgIpc) is 3.58. The molecule has 0 bridgehead atoms. The zero-order valence-corrected chi connectivity index (χ0v) is 20.0. The first-order valence-electron chi connectivity index (χ1n) is 11.6. The summed E-state index contributed by atoms with van der Waals surface area (Å²) < 4.78 is 13.2. The van der Waals surface area contributed by atoms with Crippen LogP contribution in [-0.4, -0.2) is 48.1 Å². The van der Waals surface area contributed by atoms with E-state index in [0.29, 0.717) is 31.0 Å². The van der Waals surface area contributed by atoms with Gasteiger partial charge in [-0.25, -0.2) is 4.99 Å². The van der Waals surface area contributed by atoms with Gasteiger partial charge in [-0.05, 0) is 44.9 Å². The molecule has 2 aromatic rings. The maximum atomic E-state index is 12.4. The molecule has 0 aliphatic carbocycles. The fourth-order valence-electron chi connectivity index (χ4n) is 3.79. The molecule has 0 radical (unpaired) electrons. The summed E-state index contributed by atoms with van der Waals surface area (Å²) in [5, 5.41) is 5.46. The molecule has 3 heterocycles. The molecular formula is C26H32N4O4. The van der Waals surface area contributed by atoms with Crippen LogP contribution in [0.4, 0.5) is 0 Å². The minimum atomic E-state index is -0.307. The van der Waals surface area contributed by atoms with E-state index < -0.39 is 0 Å². The van der Waals surface area contributed by atoms with Crippen LogP contribution in [0.15, 0.2) is 53.8 Å². The summed E-state index contributed by atoms with van der Waals surface area (Å²) in [6.45, 7) is 8.00. The molecule has 180 valence electrons. The van der Waals surface area contributed by atoms with Crippen molar-refractivity contribution >= 4 is 23.3 Å². The van der Waals surface area contributed by atoms with Crippen molar-refractivity contribution in [1.82, 2.24) is 15.2 Å². The average molecular weight is 465 g/mol. The van der Waals surface area contributed by atoms with E-state index in [1.165, 1.54) is 0 Å². The molecule has 2 N–H and O–H groups in total. The number of hydrogen-bond donors (Lipinski definition) is 2. The van der Waals surface area contributed by atoms with Crippen LogP contribution in [-0.2, 0) is 26.4 Å². The number of carbonyl (C=O) groups is 2. The Morgan fingerprint density at radius 2 is 2.12 bits per heavy atom. The number of ether oxygens (including phenoxy) is 2. The van der Waals surface area contributed by atoms with Gasteiger partial charge in [-0.2, -0.15) is 0 Å². The Labute approximate surface area is 200 Å². The van der Waals surface area contributed by atoms with E-state index in [1.807, 2.05) is 35.0 Å². The second-order valence-corrected chi connectivity index (χ2v) is 9.56. The molecule has 2 aliphatic rings. The van der Waals surface area contributed by atoms with Gasteiger partial charge in [0.1, 0.15) is 5.84 Å². The Bertz CT molecular complexity index is 1100. The van der Waals surface area contributed by atoms with E-state index in [1.54, 1.807) is 12.3 Å². The van der Waals surface area contributed by atoms with E-state index in [0.717, 1.165) is 29.9 Å². The van der Waals surface area contributed by atoms with E-state index in [9.17, 15) is 9.59 Å². The molecular weight excluding hydrogens is 432 g/mol. The third-order valence-electron chi connectivity index (χ3n) is 5.76. The maximum absolute atomic E-state index is 12.4. The van der Waals surface area contributed by atoms with Crippen LogP contribution < -0.4 is 10.6 Å². The summed E-state index contributed by atoms with van der Waals surface area (Å²) >= 11 is 0. The fraction of sp³-hybridized carbons (Fsp3) is 0.423. The smallest absolute Gasteiger partial charge is 0.253 e. The number of benzene rings is 1. The highest BCUT2D eigenvalue weighted by Crippen LogP contribution is 2.23. The van der Waals surface area contributed by atoms with Gasteiger partial charge in [-0.1, -0.05) is 24.3 Å². The number of nitrogens with zero attached hydrogens (tertiary/aromatic N) is 2. The second kappa shape index (κ2) is 10.4. The van der Waals surface area contributed by atoms with Crippen molar-refractivity contribution in [2.75, 3.05) is 19.8 Å². The molecule has 0 saturated carbocycles. The molecule has 34 heavy (non-hydrogen) atoms. The largest absolute Gasteiger partial charge is 0.379 e. The first-order valence-corrected chi connectivity index (χ1v) is 11.6. The number of aliphatic imine (C=N–C) groups is 1. The van der Waals surface area contributed by atoms with Crippen molar-refractivity contribution < 1.29 is 19.1 Å².